The first-order valence-corrected chi connectivity index (χ1v) is 7.96. The van der Waals surface area contributed by atoms with Crippen molar-refractivity contribution >= 4 is 34.8 Å². The molecule has 0 radical (unpaired) electrons. The molecular formula is C14H12Cl2F3N5O. The number of carbonyl (C=O) groups excluding carboxylic acids is 1. The molecule has 0 aliphatic carbocycles. The Morgan fingerprint density at radius 1 is 1.24 bits per heavy atom. The van der Waals surface area contributed by atoms with E-state index in [1.165, 1.54) is 6.07 Å². The maximum absolute atomic E-state index is 12.8. The van der Waals surface area contributed by atoms with E-state index in [-0.39, 0.29) is 37.9 Å². The van der Waals surface area contributed by atoms with Gasteiger partial charge in [0.05, 0.1) is 23.8 Å². The number of hydrogen-bond acceptors (Lipinski definition) is 4. The first kappa shape index (κ1) is 18.0. The number of anilines is 1. The molecule has 3 rings (SSSR count). The molecule has 1 aromatic carbocycles. The SMILES string of the molecule is O=C(CN1CCn2c(nnc2C(F)(F)F)C1)Nc1cc(Cl)ccc1Cl. The third-order valence-corrected chi connectivity index (χ3v) is 4.22. The molecule has 1 aliphatic rings. The summed E-state index contributed by atoms with van der Waals surface area (Å²) in [5.74, 6) is -1.20. The van der Waals surface area contributed by atoms with Gasteiger partial charge in [0.15, 0.2) is 0 Å². The summed E-state index contributed by atoms with van der Waals surface area (Å²) in [6.07, 6.45) is -4.55. The van der Waals surface area contributed by atoms with Crippen LogP contribution in [0.5, 0.6) is 0 Å². The Morgan fingerprint density at radius 2 is 2.00 bits per heavy atom. The molecular weight excluding hydrogens is 382 g/mol. The molecule has 6 nitrogen and oxygen atoms in total. The highest BCUT2D eigenvalue weighted by Crippen LogP contribution is 2.29. The summed E-state index contributed by atoms with van der Waals surface area (Å²) < 4.78 is 39.4. The first-order chi connectivity index (χ1) is 11.7. The summed E-state index contributed by atoms with van der Waals surface area (Å²) in [5.41, 5.74) is 0.374. The van der Waals surface area contributed by atoms with E-state index < -0.39 is 12.0 Å². The molecule has 2 aromatic rings. The van der Waals surface area contributed by atoms with Crippen LogP contribution in [0.1, 0.15) is 11.6 Å². The van der Waals surface area contributed by atoms with Crippen molar-refractivity contribution in [2.75, 3.05) is 18.4 Å². The third-order valence-electron chi connectivity index (χ3n) is 3.66. The lowest BCUT2D eigenvalue weighted by Crippen LogP contribution is -2.40. The molecule has 0 saturated carbocycles. The van der Waals surface area contributed by atoms with Crippen molar-refractivity contribution < 1.29 is 18.0 Å². The number of benzene rings is 1. The Balaban J connectivity index is 1.64. The number of carbonyl (C=O) groups is 1. The van der Waals surface area contributed by atoms with E-state index in [9.17, 15) is 18.0 Å². The van der Waals surface area contributed by atoms with Gasteiger partial charge in [-0.3, -0.25) is 9.69 Å². The summed E-state index contributed by atoms with van der Waals surface area (Å²) in [6, 6.07) is 4.67. The van der Waals surface area contributed by atoms with E-state index in [2.05, 4.69) is 15.5 Å². The van der Waals surface area contributed by atoms with Gasteiger partial charge >= 0.3 is 6.18 Å². The molecule has 0 bridgehead atoms. The summed E-state index contributed by atoms with van der Waals surface area (Å²) in [5, 5.41) is 10.2. The Labute approximate surface area is 150 Å². The molecule has 25 heavy (non-hydrogen) atoms. The normalized spacial score (nSPS) is 15.1. The number of nitrogens with zero attached hydrogens (tertiary/aromatic N) is 4. The number of halogens is 5. The van der Waals surface area contributed by atoms with Crippen molar-refractivity contribution in [1.82, 2.24) is 19.7 Å². The maximum Gasteiger partial charge on any atom is 0.451 e. The monoisotopic (exact) mass is 393 g/mol. The zero-order valence-corrected chi connectivity index (χ0v) is 14.2. The minimum atomic E-state index is -4.55. The van der Waals surface area contributed by atoms with Gasteiger partial charge in [-0.1, -0.05) is 23.2 Å². The molecule has 0 fully saturated rings. The van der Waals surface area contributed by atoms with Crippen LogP contribution in [0.25, 0.3) is 0 Å². The molecule has 1 aromatic heterocycles. The number of hydrogen-bond donors (Lipinski definition) is 1. The van der Waals surface area contributed by atoms with Gasteiger partial charge in [0.1, 0.15) is 5.82 Å². The lowest BCUT2D eigenvalue weighted by molar-refractivity contribution is -0.148. The Morgan fingerprint density at radius 3 is 2.72 bits per heavy atom. The molecule has 2 heterocycles. The quantitative estimate of drug-likeness (QED) is 0.870. The zero-order valence-electron chi connectivity index (χ0n) is 12.6. The van der Waals surface area contributed by atoms with E-state index in [4.69, 9.17) is 23.2 Å². The summed E-state index contributed by atoms with van der Waals surface area (Å²) in [7, 11) is 0. The fraction of sp³-hybridized carbons (Fsp3) is 0.357. The van der Waals surface area contributed by atoms with Crippen molar-refractivity contribution in [3.63, 3.8) is 0 Å². The topological polar surface area (TPSA) is 63.1 Å². The number of rotatable bonds is 3. The number of nitrogens with one attached hydrogen (secondary N) is 1. The fourth-order valence-corrected chi connectivity index (χ4v) is 2.88. The number of aromatic nitrogens is 3. The second kappa shape index (κ2) is 6.81. The van der Waals surface area contributed by atoms with E-state index in [1.54, 1.807) is 17.0 Å². The van der Waals surface area contributed by atoms with Crippen LogP contribution in [0.2, 0.25) is 10.0 Å². The van der Waals surface area contributed by atoms with Crippen LogP contribution in [0.15, 0.2) is 18.2 Å². The summed E-state index contributed by atoms with van der Waals surface area (Å²) >= 11 is 11.8. The Hall–Kier alpha value is -1.84. The second-order valence-corrected chi connectivity index (χ2v) is 6.32. The molecule has 11 heteroatoms. The average molecular weight is 394 g/mol. The molecule has 0 saturated heterocycles. The minimum Gasteiger partial charge on any atom is -0.324 e. The van der Waals surface area contributed by atoms with Gasteiger partial charge in [-0.25, -0.2) is 0 Å². The van der Waals surface area contributed by atoms with Crippen molar-refractivity contribution in [3.05, 3.63) is 39.9 Å². The average Bonchev–Trinajstić information content (AvgIpc) is 2.94. The predicted molar refractivity (Wildman–Crippen MR) is 85.4 cm³/mol. The summed E-state index contributed by atoms with van der Waals surface area (Å²) in [6.45, 7) is 0.407. The molecule has 1 N–H and O–H groups in total. The van der Waals surface area contributed by atoms with E-state index in [0.717, 1.165) is 4.57 Å². The van der Waals surface area contributed by atoms with Crippen molar-refractivity contribution in [2.24, 2.45) is 0 Å². The second-order valence-electron chi connectivity index (χ2n) is 5.47. The molecule has 1 amide bonds. The van der Waals surface area contributed by atoms with E-state index >= 15 is 0 Å². The molecule has 0 spiro atoms. The van der Waals surface area contributed by atoms with Crippen LogP contribution in [0.3, 0.4) is 0 Å². The molecule has 0 atom stereocenters. The minimum absolute atomic E-state index is 0.0168. The lowest BCUT2D eigenvalue weighted by Gasteiger charge is -2.27. The summed E-state index contributed by atoms with van der Waals surface area (Å²) in [4.78, 5) is 13.8. The Bertz CT molecular complexity index is 808. The molecule has 1 aliphatic heterocycles. The number of fused-ring (bicyclic) bond motifs is 1. The van der Waals surface area contributed by atoms with E-state index in [1.807, 2.05) is 0 Å². The highest BCUT2D eigenvalue weighted by molar-refractivity contribution is 6.35. The predicted octanol–water partition coefficient (Wildman–Crippen LogP) is 3.06. The van der Waals surface area contributed by atoms with Crippen molar-refractivity contribution in [2.45, 2.75) is 19.3 Å². The molecule has 0 unspecified atom stereocenters. The number of amides is 1. The van der Waals surface area contributed by atoms with Crippen LogP contribution >= 0.6 is 23.2 Å². The van der Waals surface area contributed by atoms with Crippen LogP contribution in [0, 0.1) is 0 Å². The zero-order chi connectivity index (χ0) is 18.2. The third kappa shape index (κ3) is 4.05. The van der Waals surface area contributed by atoms with Crippen molar-refractivity contribution in [3.8, 4) is 0 Å². The van der Waals surface area contributed by atoms with Gasteiger partial charge in [-0.2, -0.15) is 13.2 Å². The van der Waals surface area contributed by atoms with Crippen LogP contribution < -0.4 is 5.32 Å². The fourth-order valence-electron chi connectivity index (χ4n) is 2.54. The molecule has 134 valence electrons. The first-order valence-electron chi connectivity index (χ1n) is 7.20. The van der Waals surface area contributed by atoms with Gasteiger partial charge in [-0.15, -0.1) is 10.2 Å². The van der Waals surface area contributed by atoms with Gasteiger partial charge in [0.2, 0.25) is 11.7 Å². The van der Waals surface area contributed by atoms with Gasteiger partial charge in [0, 0.05) is 18.1 Å². The van der Waals surface area contributed by atoms with Crippen LogP contribution in [-0.2, 0) is 24.1 Å². The van der Waals surface area contributed by atoms with Crippen molar-refractivity contribution in [1.29, 1.82) is 0 Å². The lowest BCUT2D eigenvalue weighted by atomic mass is 10.3. The van der Waals surface area contributed by atoms with Crippen LogP contribution in [-0.4, -0.2) is 38.7 Å². The standard InChI is InChI=1S/C14H12Cl2F3N5O/c15-8-1-2-9(16)10(5-8)20-12(25)7-23-3-4-24-11(6-23)21-22-13(24)14(17,18)19/h1-2,5H,3-4,6-7H2,(H,20,25). The maximum atomic E-state index is 12.8. The Kier molecular flexibility index (Phi) is 4.90. The van der Waals surface area contributed by atoms with Gasteiger partial charge < -0.3 is 9.88 Å². The highest BCUT2D eigenvalue weighted by atomic mass is 35.5. The van der Waals surface area contributed by atoms with Gasteiger partial charge in [0.25, 0.3) is 0 Å². The van der Waals surface area contributed by atoms with E-state index in [0.29, 0.717) is 15.7 Å². The highest BCUT2D eigenvalue weighted by Gasteiger charge is 2.39. The van der Waals surface area contributed by atoms with Crippen LogP contribution in [0.4, 0.5) is 18.9 Å². The van der Waals surface area contributed by atoms with Gasteiger partial charge in [-0.05, 0) is 18.2 Å². The largest absolute Gasteiger partial charge is 0.451 e. The smallest absolute Gasteiger partial charge is 0.324 e. The number of alkyl halides is 3.